The Labute approximate surface area is 117 Å². The van der Waals surface area contributed by atoms with Crippen molar-refractivity contribution in [3.63, 3.8) is 0 Å². The summed E-state index contributed by atoms with van der Waals surface area (Å²) < 4.78 is 37.2. The van der Waals surface area contributed by atoms with Gasteiger partial charge in [0.05, 0.1) is 14.2 Å². The van der Waals surface area contributed by atoms with Gasteiger partial charge in [-0.1, -0.05) is 13.8 Å². The Hall–Kier alpha value is -1.85. The summed E-state index contributed by atoms with van der Waals surface area (Å²) >= 11 is 0. The van der Waals surface area contributed by atoms with Gasteiger partial charge < -0.3 is 14.8 Å². The first-order valence-electron chi connectivity index (χ1n) is 6.19. The van der Waals surface area contributed by atoms with Crippen LogP contribution in [-0.4, -0.2) is 32.2 Å². The fraction of sp³-hybridized carbons (Fsp3) is 0.500. The molecule has 1 N–H and O–H groups in total. The van der Waals surface area contributed by atoms with Crippen molar-refractivity contribution in [3.05, 3.63) is 24.3 Å². The van der Waals surface area contributed by atoms with Gasteiger partial charge in [-0.25, -0.2) is 4.79 Å². The first-order valence-corrected chi connectivity index (χ1v) is 6.19. The van der Waals surface area contributed by atoms with E-state index in [4.69, 9.17) is 4.74 Å². The van der Waals surface area contributed by atoms with Gasteiger partial charge in [0, 0.05) is 5.69 Å². The third-order valence-corrected chi connectivity index (χ3v) is 2.93. The normalized spacial score (nSPS) is 12.9. The summed E-state index contributed by atoms with van der Waals surface area (Å²) in [6, 6.07) is 5.16. The molecule has 1 atom stereocenters. The number of anilines is 1. The maximum atomic E-state index is 14.0. The van der Waals surface area contributed by atoms with Crippen LogP contribution in [0.2, 0.25) is 0 Å². The average Bonchev–Trinajstić information content (AvgIpc) is 2.43. The molecule has 1 aromatic carbocycles. The molecule has 6 heteroatoms. The van der Waals surface area contributed by atoms with Crippen molar-refractivity contribution >= 4 is 11.7 Å². The summed E-state index contributed by atoms with van der Waals surface area (Å²) in [4.78, 5) is 11.2. The van der Waals surface area contributed by atoms with E-state index in [0.29, 0.717) is 11.4 Å². The first kappa shape index (κ1) is 16.2. The molecule has 0 aliphatic rings. The Balaban J connectivity index is 2.94. The number of halogens is 2. The van der Waals surface area contributed by atoms with Gasteiger partial charge in [0.2, 0.25) is 0 Å². The van der Waals surface area contributed by atoms with Crippen LogP contribution in [0.25, 0.3) is 0 Å². The van der Waals surface area contributed by atoms with E-state index in [1.807, 2.05) is 0 Å². The fourth-order valence-corrected chi connectivity index (χ4v) is 1.81. The summed E-state index contributed by atoms with van der Waals surface area (Å²) in [6.45, 7) is 3.22. The molecule has 1 rings (SSSR count). The lowest BCUT2D eigenvalue weighted by molar-refractivity contribution is -0.172. The zero-order valence-corrected chi connectivity index (χ0v) is 11.9. The highest BCUT2D eigenvalue weighted by atomic mass is 19.3. The van der Waals surface area contributed by atoms with Crippen molar-refractivity contribution < 1.29 is 23.0 Å². The molecule has 0 bridgehead atoms. The highest BCUT2D eigenvalue weighted by Crippen LogP contribution is 2.29. The Morgan fingerprint density at radius 2 is 1.75 bits per heavy atom. The third kappa shape index (κ3) is 3.59. The largest absolute Gasteiger partial charge is 0.497 e. The maximum absolute atomic E-state index is 14.0. The number of alkyl halides is 2. The molecule has 112 valence electrons. The quantitative estimate of drug-likeness (QED) is 0.817. The molecule has 0 spiro atoms. The highest BCUT2D eigenvalue weighted by Gasteiger charge is 2.50. The molecule has 0 heterocycles. The van der Waals surface area contributed by atoms with Crippen LogP contribution in [0.3, 0.4) is 0 Å². The lowest BCUT2D eigenvalue weighted by atomic mass is 9.97. The molecular formula is C14H19F2NO3. The van der Waals surface area contributed by atoms with Crippen molar-refractivity contribution in [2.75, 3.05) is 19.5 Å². The standard InChI is InChI=1S/C14H19F2NO3/c1-9(2)12(14(15,16)13(18)20-4)17-10-5-7-11(19-3)8-6-10/h5-9,12,17H,1-4H3. The van der Waals surface area contributed by atoms with Crippen LogP contribution >= 0.6 is 0 Å². The third-order valence-electron chi connectivity index (χ3n) is 2.93. The molecule has 0 aliphatic heterocycles. The molecule has 0 aliphatic carbocycles. The number of benzene rings is 1. The number of methoxy groups -OCH3 is 2. The topological polar surface area (TPSA) is 47.6 Å². The Bertz CT molecular complexity index is 446. The molecule has 0 saturated carbocycles. The lowest BCUT2D eigenvalue weighted by Crippen LogP contribution is -2.49. The van der Waals surface area contributed by atoms with Crippen molar-refractivity contribution in [1.82, 2.24) is 0 Å². The molecule has 0 aromatic heterocycles. The first-order chi connectivity index (χ1) is 9.32. The Morgan fingerprint density at radius 3 is 2.15 bits per heavy atom. The van der Waals surface area contributed by atoms with E-state index in [-0.39, 0.29) is 0 Å². The molecular weight excluding hydrogens is 268 g/mol. The number of nitrogens with one attached hydrogen (secondary N) is 1. The van der Waals surface area contributed by atoms with Crippen LogP contribution in [0.15, 0.2) is 24.3 Å². The summed E-state index contributed by atoms with van der Waals surface area (Å²) in [7, 11) is 2.46. The van der Waals surface area contributed by atoms with E-state index < -0.39 is 23.9 Å². The molecule has 1 unspecified atom stereocenters. The van der Waals surface area contributed by atoms with E-state index in [2.05, 4.69) is 10.1 Å². The highest BCUT2D eigenvalue weighted by molar-refractivity contribution is 5.79. The van der Waals surface area contributed by atoms with Crippen LogP contribution in [0.4, 0.5) is 14.5 Å². The molecule has 4 nitrogen and oxygen atoms in total. The number of esters is 1. The van der Waals surface area contributed by atoms with Crippen LogP contribution in [0, 0.1) is 5.92 Å². The second-order valence-corrected chi connectivity index (χ2v) is 4.71. The predicted molar refractivity (Wildman–Crippen MR) is 72.2 cm³/mol. The van der Waals surface area contributed by atoms with Gasteiger partial charge >= 0.3 is 11.9 Å². The van der Waals surface area contributed by atoms with Crippen molar-refractivity contribution in [3.8, 4) is 5.75 Å². The van der Waals surface area contributed by atoms with Gasteiger partial charge in [-0.2, -0.15) is 8.78 Å². The predicted octanol–water partition coefficient (Wildman–Crippen LogP) is 2.94. The van der Waals surface area contributed by atoms with Gasteiger partial charge in [-0.05, 0) is 30.2 Å². The zero-order chi connectivity index (χ0) is 15.3. The fourth-order valence-electron chi connectivity index (χ4n) is 1.81. The van der Waals surface area contributed by atoms with Crippen LogP contribution in [-0.2, 0) is 9.53 Å². The minimum Gasteiger partial charge on any atom is -0.497 e. The number of hydrogen-bond donors (Lipinski definition) is 1. The van der Waals surface area contributed by atoms with Crippen molar-refractivity contribution in [2.45, 2.75) is 25.8 Å². The number of rotatable bonds is 6. The molecule has 0 saturated heterocycles. The van der Waals surface area contributed by atoms with Crippen LogP contribution in [0.1, 0.15) is 13.8 Å². The molecule has 1 aromatic rings. The Kier molecular flexibility index (Phi) is 5.30. The van der Waals surface area contributed by atoms with Crippen LogP contribution in [0.5, 0.6) is 5.75 Å². The summed E-state index contributed by atoms with van der Waals surface area (Å²) in [6.07, 6.45) is 0. The molecule has 0 fully saturated rings. The lowest BCUT2D eigenvalue weighted by Gasteiger charge is -2.29. The number of carbonyl (C=O) groups excluding carboxylic acids is 1. The average molecular weight is 287 g/mol. The van der Waals surface area contributed by atoms with E-state index in [1.165, 1.54) is 7.11 Å². The SMILES string of the molecule is COC(=O)C(F)(F)C(Nc1ccc(OC)cc1)C(C)C. The minimum atomic E-state index is -3.61. The molecule has 0 radical (unpaired) electrons. The molecule has 20 heavy (non-hydrogen) atoms. The maximum Gasteiger partial charge on any atom is 0.379 e. The number of ether oxygens (including phenoxy) is 2. The smallest absolute Gasteiger partial charge is 0.379 e. The Morgan fingerprint density at radius 1 is 1.20 bits per heavy atom. The van der Waals surface area contributed by atoms with E-state index in [1.54, 1.807) is 38.1 Å². The van der Waals surface area contributed by atoms with E-state index in [9.17, 15) is 13.6 Å². The van der Waals surface area contributed by atoms with Gasteiger partial charge in [-0.3, -0.25) is 0 Å². The zero-order valence-electron chi connectivity index (χ0n) is 11.9. The summed E-state index contributed by atoms with van der Waals surface area (Å²) in [5.74, 6) is -5.00. The number of hydrogen-bond acceptors (Lipinski definition) is 4. The van der Waals surface area contributed by atoms with Gasteiger partial charge in [0.15, 0.2) is 0 Å². The second-order valence-electron chi connectivity index (χ2n) is 4.71. The van der Waals surface area contributed by atoms with E-state index >= 15 is 0 Å². The van der Waals surface area contributed by atoms with E-state index in [0.717, 1.165) is 7.11 Å². The summed E-state index contributed by atoms with van der Waals surface area (Å²) in [5.41, 5.74) is 0.480. The number of carbonyl (C=O) groups is 1. The second kappa shape index (κ2) is 6.54. The van der Waals surface area contributed by atoms with Crippen LogP contribution < -0.4 is 10.1 Å². The van der Waals surface area contributed by atoms with Gasteiger partial charge in [-0.15, -0.1) is 0 Å². The van der Waals surface area contributed by atoms with Gasteiger partial charge in [0.1, 0.15) is 11.8 Å². The van der Waals surface area contributed by atoms with Gasteiger partial charge in [0.25, 0.3) is 0 Å². The monoisotopic (exact) mass is 287 g/mol. The van der Waals surface area contributed by atoms with Crippen molar-refractivity contribution in [1.29, 1.82) is 0 Å². The molecule has 0 amide bonds. The van der Waals surface area contributed by atoms with Crippen molar-refractivity contribution in [2.24, 2.45) is 5.92 Å². The summed E-state index contributed by atoms with van der Waals surface area (Å²) in [5, 5.41) is 2.68. The minimum absolute atomic E-state index is 0.466.